The molecule has 1 aromatic heterocycles. The van der Waals surface area contributed by atoms with Gasteiger partial charge in [-0.05, 0) is 48.9 Å². The van der Waals surface area contributed by atoms with E-state index < -0.39 is 0 Å². The molecule has 1 spiro atoms. The number of carbonyl (C=O) groups is 2. The van der Waals surface area contributed by atoms with Gasteiger partial charge < -0.3 is 9.47 Å². The molecule has 0 unspecified atom stereocenters. The Bertz CT molecular complexity index is 953. The van der Waals surface area contributed by atoms with Crippen molar-refractivity contribution in [1.29, 1.82) is 0 Å². The molecule has 3 aliphatic rings. The van der Waals surface area contributed by atoms with E-state index >= 15 is 0 Å². The zero-order valence-electron chi connectivity index (χ0n) is 15.7. The Hall–Kier alpha value is -2.80. The number of carbonyl (C=O) groups excluding carboxylic acids is 2. The zero-order chi connectivity index (χ0) is 19.3. The summed E-state index contributed by atoms with van der Waals surface area (Å²) in [4.78, 5) is 34.0. The lowest BCUT2D eigenvalue weighted by molar-refractivity contribution is -0.122. The first-order valence-electron chi connectivity index (χ1n) is 9.74. The van der Waals surface area contributed by atoms with Gasteiger partial charge in [-0.15, -0.1) is 0 Å². The van der Waals surface area contributed by atoms with E-state index in [0.29, 0.717) is 24.5 Å². The number of rotatable bonds is 4. The molecule has 1 saturated heterocycles. The second kappa shape index (κ2) is 6.38. The Labute approximate surface area is 162 Å². The van der Waals surface area contributed by atoms with Crippen molar-refractivity contribution in [3.05, 3.63) is 41.7 Å². The van der Waals surface area contributed by atoms with Crippen molar-refractivity contribution in [2.24, 2.45) is 5.92 Å². The number of hydrogen-bond donors (Lipinski definition) is 0. The third-order valence-corrected chi connectivity index (χ3v) is 6.05. The lowest BCUT2D eigenvalue weighted by Crippen LogP contribution is -2.33. The number of fused-ring (bicyclic) bond motifs is 2. The summed E-state index contributed by atoms with van der Waals surface area (Å²) in [6.07, 6.45) is 7.08. The second-order valence-electron chi connectivity index (χ2n) is 7.66. The van der Waals surface area contributed by atoms with Gasteiger partial charge in [0.15, 0.2) is 0 Å². The Kier molecular flexibility index (Phi) is 3.94. The second-order valence-corrected chi connectivity index (χ2v) is 7.66. The molecule has 0 radical (unpaired) electrons. The summed E-state index contributed by atoms with van der Waals surface area (Å²) in [5, 5.41) is 0. The Balaban J connectivity index is 1.34. The van der Waals surface area contributed by atoms with Crippen LogP contribution in [0.1, 0.15) is 50.2 Å². The van der Waals surface area contributed by atoms with E-state index in [1.807, 2.05) is 25.1 Å². The summed E-state index contributed by atoms with van der Waals surface area (Å²) in [6, 6.07) is 6.10. The molecule has 144 valence electrons. The highest BCUT2D eigenvalue weighted by Gasteiger charge is 2.45. The van der Waals surface area contributed by atoms with Crippen molar-refractivity contribution in [3.63, 3.8) is 0 Å². The van der Waals surface area contributed by atoms with Crippen molar-refractivity contribution in [2.45, 2.75) is 51.2 Å². The van der Waals surface area contributed by atoms with Gasteiger partial charge in [-0.25, -0.2) is 14.9 Å². The monoisotopic (exact) mass is 379 g/mol. The molecule has 7 nitrogen and oxygen atoms in total. The molecule has 7 heteroatoms. The summed E-state index contributed by atoms with van der Waals surface area (Å²) >= 11 is 0. The van der Waals surface area contributed by atoms with Crippen LogP contribution in [0.15, 0.2) is 30.6 Å². The predicted molar refractivity (Wildman–Crippen MR) is 99.8 cm³/mol. The predicted octanol–water partition coefficient (Wildman–Crippen LogP) is 3.47. The van der Waals surface area contributed by atoms with Crippen LogP contribution in [-0.4, -0.2) is 21.8 Å². The topological polar surface area (TPSA) is 81.6 Å². The molecule has 0 N–H and O–H groups in total. The fraction of sp³-hybridized carbons (Fsp3) is 0.429. The first-order chi connectivity index (χ1) is 13.6. The van der Waals surface area contributed by atoms with Crippen LogP contribution in [0.2, 0.25) is 0 Å². The van der Waals surface area contributed by atoms with Crippen LogP contribution in [0.3, 0.4) is 0 Å². The largest absolute Gasteiger partial charge is 0.424 e. The molecule has 5 rings (SSSR count). The van der Waals surface area contributed by atoms with E-state index in [2.05, 4.69) is 9.97 Å². The van der Waals surface area contributed by atoms with Gasteiger partial charge in [-0.3, -0.25) is 9.59 Å². The normalized spacial score (nSPS) is 22.5. The van der Waals surface area contributed by atoms with Crippen molar-refractivity contribution in [2.75, 3.05) is 4.90 Å². The average Bonchev–Trinajstić information content (AvgIpc) is 3.19. The molecular weight excluding hydrogens is 358 g/mol. The first kappa shape index (κ1) is 17.3. The van der Waals surface area contributed by atoms with Crippen LogP contribution >= 0.6 is 0 Å². The van der Waals surface area contributed by atoms with Gasteiger partial charge in [0.2, 0.25) is 11.8 Å². The van der Waals surface area contributed by atoms with Gasteiger partial charge in [-0.1, -0.05) is 13.0 Å². The van der Waals surface area contributed by atoms with Crippen LogP contribution in [-0.2, 0) is 26.5 Å². The fourth-order valence-electron chi connectivity index (χ4n) is 4.24. The highest BCUT2D eigenvalue weighted by Crippen LogP contribution is 2.51. The fourth-order valence-corrected chi connectivity index (χ4v) is 4.24. The standard InChI is InChI=1S/C21H21N3O4/c1-2-13-8-18(25)24(19(13)26)15-10-22-20(23-11-15)28-16-5-4-14-12-27-21(6-3-7-21)17(14)9-16/h4-5,9-11,13H,2-3,6-8,12H2,1H3/t13-/m0/s1. The Morgan fingerprint density at radius 2 is 2.04 bits per heavy atom. The van der Waals surface area contributed by atoms with Crippen LogP contribution in [0.25, 0.3) is 0 Å². The summed E-state index contributed by atoms with van der Waals surface area (Å²) in [7, 11) is 0. The number of benzene rings is 1. The van der Waals surface area contributed by atoms with E-state index in [1.54, 1.807) is 0 Å². The molecular formula is C21H21N3O4. The highest BCUT2D eigenvalue weighted by atomic mass is 16.5. The maximum Gasteiger partial charge on any atom is 0.322 e. The van der Waals surface area contributed by atoms with E-state index in [0.717, 1.165) is 12.8 Å². The van der Waals surface area contributed by atoms with E-state index in [9.17, 15) is 9.59 Å². The van der Waals surface area contributed by atoms with Crippen molar-refractivity contribution < 1.29 is 19.1 Å². The lowest BCUT2D eigenvalue weighted by Gasteiger charge is -2.38. The number of anilines is 1. The average molecular weight is 379 g/mol. The molecule has 2 aromatic rings. The molecule has 2 aliphatic heterocycles. The molecule has 28 heavy (non-hydrogen) atoms. The zero-order valence-corrected chi connectivity index (χ0v) is 15.7. The number of imide groups is 1. The van der Waals surface area contributed by atoms with Crippen molar-refractivity contribution in [3.8, 4) is 11.8 Å². The SMILES string of the molecule is CC[C@H]1CC(=O)N(c2cnc(Oc3ccc4c(c3)C3(CCC3)OC4)nc2)C1=O. The van der Waals surface area contributed by atoms with Gasteiger partial charge in [0, 0.05) is 12.3 Å². The van der Waals surface area contributed by atoms with Crippen molar-refractivity contribution >= 4 is 17.5 Å². The number of hydrogen-bond acceptors (Lipinski definition) is 6. The van der Waals surface area contributed by atoms with E-state index in [4.69, 9.17) is 9.47 Å². The smallest absolute Gasteiger partial charge is 0.322 e. The minimum Gasteiger partial charge on any atom is -0.424 e. The third kappa shape index (κ3) is 2.61. The molecule has 1 aromatic carbocycles. The van der Waals surface area contributed by atoms with Gasteiger partial charge in [0.1, 0.15) is 5.75 Å². The molecule has 0 bridgehead atoms. The summed E-state index contributed by atoms with van der Waals surface area (Å²) in [5.74, 6) is 0.00579. The summed E-state index contributed by atoms with van der Waals surface area (Å²) in [5.41, 5.74) is 2.66. The van der Waals surface area contributed by atoms with Crippen LogP contribution in [0.5, 0.6) is 11.8 Å². The van der Waals surface area contributed by atoms with E-state index in [-0.39, 0.29) is 35.8 Å². The van der Waals surface area contributed by atoms with Crippen LogP contribution in [0, 0.1) is 5.92 Å². The summed E-state index contributed by atoms with van der Waals surface area (Å²) < 4.78 is 11.8. The quantitative estimate of drug-likeness (QED) is 0.757. The van der Waals surface area contributed by atoms with Gasteiger partial charge in [0.25, 0.3) is 0 Å². The molecule has 1 aliphatic carbocycles. The molecule has 1 atom stereocenters. The Morgan fingerprint density at radius 1 is 1.25 bits per heavy atom. The Morgan fingerprint density at radius 3 is 2.68 bits per heavy atom. The van der Waals surface area contributed by atoms with E-state index in [1.165, 1.54) is 34.8 Å². The van der Waals surface area contributed by atoms with Gasteiger partial charge in [0.05, 0.1) is 30.3 Å². The highest BCUT2D eigenvalue weighted by molar-refractivity contribution is 6.20. The number of ether oxygens (including phenoxy) is 2. The summed E-state index contributed by atoms with van der Waals surface area (Å²) in [6.45, 7) is 2.56. The lowest BCUT2D eigenvalue weighted by atomic mass is 9.75. The third-order valence-electron chi connectivity index (χ3n) is 6.05. The maximum atomic E-state index is 12.3. The van der Waals surface area contributed by atoms with Gasteiger partial charge in [-0.2, -0.15) is 0 Å². The van der Waals surface area contributed by atoms with Crippen LogP contribution in [0.4, 0.5) is 5.69 Å². The number of nitrogens with zero attached hydrogens (tertiary/aromatic N) is 3. The minimum atomic E-state index is -0.254. The van der Waals surface area contributed by atoms with Crippen molar-refractivity contribution in [1.82, 2.24) is 9.97 Å². The maximum absolute atomic E-state index is 12.3. The molecule has 2 amide bonds. The molecule has 3 heterocycles. The number of amides is 2. The molecule has 2 fully saturated rings. The first-order valence-corrected chi connectivity index (χ1v) is 9.74. The number of aromatic nitrogens is 2. The van der Waals surface area contributed by atoms with Gasteiger partial charge >= 0.3 is 6.01 Å². The molecule has 1 saturated carbocycles. The van der Waals surface area contributed by atoms with Crippen LogP contribution < -0.4 is 9.64 Å². The minimum absolute atomic E-state index is 0.133.